The number of amides is 1. The number of rotatable bonds is 6. The lowest BCUT2D eigenvalue weighted by Gasteiger charge is -2.33. The first kappa shape index (κ1) is 16.7. The van der Waals surface area contributed by atoms with Crippen molar-refractivity contribution in [3.8, 4) is 5.88 Å². The van der Waals surface area contributed by atoms with Crippen LogP contribution in [0.3, 0.4) is 0 Å². The third-order valence-corrected chi connectivity index (χ3v) is 4.45. The molecule has 1 N–H and O–H groups in total. The predicted octanol–water partition coefficient (Wildman–Crippen LogP) is 1.73. The van der Waals surface area contributed by atoms with Crippen molar-refractivity contribution in [3.05, 3.63) is 24.0 Å². The van der Waals surface area contributed by atoms with E-state index in [0.29, 0.717) is 36.4 Å². The van der Waals surface area contributed by atoms with Crippen LogP contribution in [-0.4, -0.2) is 57.7 Å². The van der Waals surface area contributed by atoms with E-state index in [4.69, 9.17) is 4.74 Å². The van der Waals surface area contributed by atoms with Gasteiger partial charge in [0.25, 0.3) is 5.91 Å². The Labute approximate surface area is 142 Å². The summed E-state index contributed by atoms with van der Waals surface area (Å²) in [6.07, 6.45) is 5.44. The third-order valence-electron chi connectivity index (χ3n) is 4.45. The summed E-state index contributed by atoms with van der Waals surface area (Å²) in [5.74, 6) is 0.358. The smallest absolute Gasteiger partial charge is 0.271 e. The Morgan fingerprint density at radius 2 is 2.29 bits per heavy atom. The number of fused-ring (bicyclic) bond motifs is 1. The second-order valence-electron chi connectivity index (χ2n) is 6.17. The summed E-state index contributed by atoms with van der Waals surface area (Å²) in [7, 11) is 0. The van der Waals surface area contributed by atoms with Crippen molar-refractivity contribution < 1.29 is 9.53 Å². The zero-order valence-corrected chi connectivity index (χ0v) is 14.4. The normalized spacial score (nSPS) is 18.7. The molecule has 3 rings (SSSR count). The van der Waals surface area contributed by atoms with Gasteiger partial charge in [0.2, 0.25) is 5.88 Å². The van der Waals surface area contributed by atoms with E-state index in [2.05, 4.69) is 27.2 Å². The SMILES string of the molecule is CCOc1ccc2nc(C(=O)NCCN3CCCCC3C)cn2n1. The van der Waals surface area contributed by atoms with Crippen LogP contribution in [0.2, 0.25) is 0 Å². The zero-order chi connectivity index (χ0) is 16.9. The van der Waals surface area contributed by atoms with Gasteiger partial charge in [0.1, 0.15) is 5.69 Å². The Morgan fingerprint density at radius 3 is 3.08 bits per heavy atom. The van der Waals surface area contributed by atoms with Crippen molar-refractivity contribution in [2.24, 2.45) is 0 Å². The number of carbonyl (C=O) groups excluding carboxylic acids is 1. The van der Waals surface area contributed by atoms with Gasteiger partial charge < -0.3 is 10.1 Å². The number of carbonyl (C=O) groups is 1. The van der Waals surface area contributed by atoms with E-state index < -0.39 is 0 Å². The highest BCUT2D eigenvalue weighted by Crippen LogP contribution is 2.15. The molecule has 7 nitrogen and oxygen atoms in total. The summed E-state index contributed by atoms with van der Waals surface area (Å²) >= 11 is 0. The highest BCUT2D eigenvalue weighted by atomic mass is 16.5. The molecule has 0 aromatic carbocycles. The molecule has 0 spiro atoms. The van der Waals surface area contributed by atoms with Crippen LogP contribution in [-0.2, 0) is 0 Å². The molecule has 0 aliphatic carbocycles. The van der Waals surface area contributed by atoms with E-state index in [1.54, 1.807) is 22.8 Å². The lowest BCUT2D eigenvalue weighted by Crippen LogP contribution is -2.42. The summed E-state index contributed by atoms with van der Waals surface area (Å²) in [6, 6.07) is 4.15. The van der Waals surface area contributed by atoms with Gasteiger partial charge in [-0.25, -0.2) is 9.50 Å². The molecule has 0 radical (unpaired) electrons. The van der Waals surface area contributed by atoms with Crippen molar-refractivity contribution in [2.75, 3.05) is 26.2 Å². The molecule has 1 unspecified atom stereocenters. The molecule has 1 aliphatic rings. The second-order valence-corrected chi connectivity index (χ2v) is 6.17. The fourth-order valence-corrected chi connectivity index (χ4v) is 3.09. The maximum Gasteiger partial charge on any atom is 0.271 e. The fourth-order valence-electron chi connectivity index (χ4n) is 3.09. The standard InChI is InChI=1S/C17H25N5O2/c1-3-24-16-8-7-15-19-14(12-22(15)20-16)17(23)18-9-11-21-10-5-4-6-13(21)2/h7-8,12-13H,3-6,9-11H2,1-2H3,(H,18,23). The first-order valence-electron chi connectivity index (χ1n) is 8.69. The van der Waals surface area contributed by atoms with Crippen LogP contribution in [0.4, 0.5) is 0 Å². The minimum Gasteiger partial charge on any atom is -0.477 e. The first-order chi connectivity index (χ1) is 11.7. The number of hydrogen-bond acceptors (Lipinski definition) is 5. The molecule has 2 aromatic heterocycles. The number of hydrogen-bond donors (Lipinski definition) is 1. The average molecular weight is 331 g/mol. The summed E-state index contributed by atoms with van der Waals surface area (Å²) in [6.45, 7) is 7.35. The van der Waals surface area contributed by atoms with Crippen LogP contribution >= 0.6 is 0 Å². The van der Waals surface area contributed by atoms with Crippen LogP contribution in [0.25, 0.3) is 5.65 Å². The predicted molar refractivity (Wildman–Crippen MR) is 91.4 cm³/mol. The maximum absolute atomic E-state index is 12.3. The Kier molecular flexibility index (Phi) is 5.30. The quantitative estimate of drug-likeness (QED) is 0.873. The number of piperidine rings is 1. The molecular formula is C17H25N5O2. The van der Waals surface area contributed by atoms with E-state index in [0.717, 1.165) is 13.1 Å². The molecule has 1 aliphatic heterocycles. The summed E-state index contributed by atoms with van der Waals surface area (Å²) in [4.78, 5) is 19.0. The van der Waals surface area contributed by atoms with E-state index in [1.807, 2.05) is 6.92 Å². The van der Waals surface area contributed by atoms with E-state index in [1.165, 1.54) is 19.3 Å². The van der Waals surface area contributed by atoms with Crippen LogP contribution in [0.15, 0.2) is 18.3 Å². The molecule has 1 atom stereocenters. The van der Waals surface area contributed by atoms with Gasteiger partial charge in [0, 0.05) is 25.2 Å². The number of imidazole rings is 1. The zero-order valence-electron chi connectivity index (χ0n) is 14.4. The van der Waals surface area contributed by atoms with Gasteiger partial charge in [-0.2, -0.15) is 0 Å². The van der Waals surface area contributed by atoms with Gasteiger partial charge in [-0.05, 0) is 39.3 Å². The van der Waals surface area contributed by atoms with Crippen molar-refractivity contribution >= 4 is 11.6 Å². The Balaban J connectivity index is 1.57. The first-order valence-corrected chi connectivity index (χ1v) is 8.69. The second kappa shape index (κ2) is 7.61. The molecule has 2 aromatic rings. The Hall–Kier alpha value is -2.15. The van der Waals surface area contributed by atoms with Crippen molar-refractivity contribution in [1.82, 2.24) is 24.8 Å². The maximum atomic E-state index is 12.3. The van der Waals surface area contributed by atoms with Gasteiger partial charge in [-0.1, -0.05) is 6.42 Å². The highest BCUT2D eigenvalue weighted by molar-refractivity contribution is 5.92. The van der Waals surface area contributed by atoms with Gasteiger partial charge in [-0.3, -0.25) is 9.69 Å². The molecule has 1 saturated heterocycles. The van der Waals surface area contributed by atoms with Crippen molar-refractivity contribution in [2.45, 2.75) is 39.2 Å². The largest absolute Gasteiger partial charge is 0.477 e. The third kappa shape index (κ3) is 3.84. The summed E-state index contributed by atoms with van der Waals surface area (Å²) in [5.41, 5.74) is 1.01. The fraction of sp³-hybridized carbons (Fsp3) is 0.588. The number of ether oxygens (including phenoxy) is 1. The molecule has 0 saturated carbocycles. The number of aromatic nitrogens is 3. The minimum absolute atomic E-state index is 0.164. The molecular weight excluding hydrogens is 306 g/mol. The molecule has 3 heterocycles. The topological polar surface area (TPSA) is 71.8 Å². The Bertz CT molecular complexity index is 699. The van der Waals surface area contributed by atoms with E-state index >= 15 is 0 Å². The average Bonchev–Trinajstić information content (AvgIpc) is 3.00. The van der Waals surface area contributed by atoms with Crippen LogP contribution < -0.4 is 10.1 Å². The van der Waals surface area contributed by atoms with Crippen LogP contribution in [0.5, 0.6) is 5.88 Å². The number of likely N-dealkylation sites (tertiary alicyclic amines) is 1. The van der Waals surface area contributed by atoms with E-state index in [9.17, 15) is 4.79 Å². The van der Waals surface area contributed by atoms with Gasteiger partial charge >= 0.3 is 0 Å². The summed E-state index contributed by atoms with van der Waals surface area (Å²) in [5, 5.41) is 7.23. The van der Waals surface area contributed by atoms with Crippen LogP contribution in [0.1, 0.15) is 43.6 Å². The Morgan fingerprint density at radius 1 is 1.42 bits per heavy atom. The van der Waals surface area contributed by atoms with Gasteiger partial charge in [-0.15, -0.1) is 5.10 Å². The lowest BCUT2D eigenvalue weighted by molar-refractivity contribution is 0.0934. The minimum atomic E-state index is -0.164. The lowest BCUT2D eigenvalue weighted by atomic mass is 10.0. The van der Waals surface area contributed by atoms with Gasteiger partial charge in [0.15, 0.2) is 5.65 Å². The molecule has 1 fully saturated rings. The monoisotopic (exact) mass is 331 g/mol. The molecule has 0 bridgehead atoms. The number of nitrogens with zero attached hydrogens (tertiary/aromatic N) is 4. The van der Waals surface area contributed by atoms with E-state index in [-0.39, 0.29) is 5.91 Å². The number of nitrogens with one attached hydrogen (secondary N) is 1. The molecule has 7 heteroatoms. The molecule has 130 valence electrons. The molecule has 24 heavy (non-hydrogen) atoms. The van der Waals surface area contributed by atoms with Crippen molar-refractivity contribution in [3.63, 3.8) is 0 Å². The highest BCUT2D eigenvalue weighted by Gasteiger charge is 2.18. The van der Waals surface area contributed by atoms with Crippen molar-refractivity contribution in [1.29, 1.82) is 0 Å². The summed E-state index contributed by atoms with van der Waals surface area (Å²) < 4.78 is 6.94. The van der Waals surface area contributed by atoms with Gasteiger partial charge in [0.05, 0.1) is 12.8 Å². The van der Waals surface area contributed by atoms with Crippen LogP contribution in [0, 0.1) is 0 Å². The molecule has 1 amide bonds.